The van der Waals surface area contributed by atoms with E-state index in [0.717, 1.165) is 23.6 Å². The van der Waals surface area contributed by atoms with Crippen LogP contribution < -0.4 is 10.1 Å². The van der Waals surface area contributed by atoms with Crippen LogP contribution >= 0.6 is 23.2 Å². The van der Waals surface area contributed by atoms with Gasteiger partial charge in [-0.3, -0.25) is 0 Å². The summed E-state index contributed by atoms with van der Waals surface area (Å²) in [7, 11) is 0. The highest BCUT2D eigenvalue weighted by Gasteiger charge is 2.02. The minimum Gasteiger partial charge on any atom is -0.493 e. The molecule has 0 aliphatic rings. The number of ether oxygens (including phenoxy) is 1. The molecule has 0 bridgehead atoms. The van der Waals surface area contributed by atoms with Crippen molar-refractivity contribution in [1.29, 1.82) is 0 Å². The first kappa shape index (κ1) is 16.0. The van der Waals surface area contributed by atoms with E-state index >= 15 is 0 Å². The lowest BCUT2D eigenvalue weighted by molar-refractivity contribution is 0.271. The Hall–Kier alpha value is -1.38. The fourth-order valence-electron chi connectivity index (χ4n) is 1.80. The van der Waals surface area contributed by atoms with Gasteiger partial charge in [-0.05, 0) is 41.8 Å². The smallest absolute Gasteiger partial charge is 0.119 e. The lowest BCUT2D eigenvalue weighted by Gasteiger charge is -2.11. The van der Waals surface area contributed by atoms with Gasteiger partial charge >= 0.3 is 0 Å². The van der Waals surface area contributed by atoms with Crippen molar-refractivity contribution in [3.05, 3.63) is 58.1 Å². The second-order valence-corrected chi connectivity index (χ2v) is 6.17. The van der Waals surface area contributed by atoms with Gasteiger partial charge in [-0.25, -0.2) is 0 Å². The molecule has 0 fully saturated rings. The van der Waals surface area contributed by atoms with Crippen LogP contribution in [0.15, 0.2) is 42.5 Å². The molecule has 0 spiro atoms. The molecule has 0 radical (unpaired) electrons. The standard InChI is InChI=1S/C17H19Cl2NO/c1-12(2)11-21-15-6-3-13(4-7-15)10-20-17-9-14(18)5-8-16(17)19/h3-9,12,20H,10-11H2,1-2H3. The summed E-state index contributed by atoms with van der Waals surface area (Å²) in [6, 6.07) is 13.4. The highest BCUT2D eigenvalue weighted by molar-refractivity contribution is 6.35. The summed E-state index contributed by atoms with van der Waals surface area (Å²) >= 11 is 12.1. The molecule has 0 atom stereocenters. The molecule has 0 aliphatic heterocycles. The molecule has 2 aromatic rings. The van der Waals surface area contributed by atoms with Crippen molar-refractivity contribution >= 4 is 28.9 Å². The predicted molar refractivity (Wildman–Crippen MR) is 90.6 cm³/mol. The lowest BCUT2D eigenvalue weighted by Crippen LogP contribution is -2.04. The number of anilines is 1. The number of nitrogens with one attached hydrogen (secondary N) is 1. The average molecular weight is 324 g/mol. The first-order valence-electron chi connectivity index (χ1n) is 6.95. The Morgan fingerprint density at radius 2 is 1.76 bits per heavy atom. The second kappa shape index (κ2) is 7.58. The van der Waals surface area contributed by atoms with Crippen molar-refractivity contribution in [1.82, 2.24) is 0 Å². The molecule has 0 unspecified atom stereocenters. The molecular formula is C17H19Cl2NO. The molecule has 0 aromatic heterocycles. The highest BCUT2D eigenvalue weighted by Crippen LogP contribution is 2.26. The third-order valence-electron chi connectivity index (χ3n) is 2.92. The summed E-state index contributed by atoms with van der Waals surface area (Å²) in [6.45, 7) is 5.68. The van der Waals surface area contributed by atoms with E-state index in [9.17, 15) is 0 Å². The molecule has 4 heteroatoms. The maximum Gasteiger partial charge on any atom is 0.119 e. The summed E-state index contributed by atoms with van der Waals surface area (Å²) < 4.78 is 5.66. The zero-order valence-electron chi connectivity index (χ0n) is 12.2. The van der Waals surface area contributed by atoms with E-state index < -0.39 is 0 Å². The maximum atomic E-state index is 6.12. The van der Waals surface area contributed by atoms with Crippen LogP contribution in [-0.4, -0.2) is 6.61 Å². The predicted octanol–water partition coefficient (Wildman–Crippen LogP) is 5.64. The normalized spacial score (nSPS) is 10.7. The van der Waals surface area contributed by atoms with Gasteiger partial charge in [0.25, 0.3) is 0 Å². The average Bonchev–Trinajstić information content (AvgIpc) is 2.47. The van der Waals surface area contributed by atoms with Crippen LogP contribution in [0.5, 0.6) is 5.75 Å². The quantitative estimate of drug-likeness (QED) is 0.742. The van der Waals surface area contributed by atoms with Crippen molar-refractivity contribution in [3.63, 3.8) is 0 Å². The lowest BCUT2D eigenvalue weighted by atomic mass is 10.2. The Kier molecular flexibility index (Phi) is 5.77. The van der Waals surface area contributed by atoms with Gasteiger partial charge in [-0.2, -0.15) is 0 Å². The van der Waals surface area contributed by atoms with Gasteiger partial charge in [0.2, 0.25) is 0 Å². The first-order chi connectivity index (χ1) is 10.0. The van der Waals surface area contributed by atoms with E-state index in [-0.39, 0.29) is 0 Å². The largest absolute Gasteiger partial charge is 0.493 e. The van der Waals surface area contributed by atoms with Crippen molar-refractivity contribution in [3.8, 4) is 5.75 Å². The first-order valence-corrected chi connectivity index (χ1v) is 7.71. The Morgan fingerprint density at radius 1 is 1.05 bits per heavy atom. The summed E-state index contributed by atoms with van der Waals surface area (Å²) in [5.74, 6) is 1.42. The van der Waals surface area contributed by atoms with Crippen LogP contribution in [0.4, 0.5) is 5.69 Å². The fourth-order valence-corrected chi connectivity index (χ4v) is 2.15. The van der Waals surface area contributed by atoms with Gasteiger partial charge in [-0.15, -0.1) is 0 Å². The summed E-state index contributed by atoms with van der Waals surface area (Å²) in [4.78, 5) is 0. The molecule has 0 amide bonds. The second-order valence-electron chi connectivity index (χ2n) is 5.33. The number of halogens is 2. The molecule has 2 aromatic carbocycles. The van der Waals surface area contributed by atoms with Gasteiger partial charge in [0.05, 0.1) is 17.3 Å². The number of hydrogen-bond acceptors (Lipinski definition) is 2. The van der Waals surface area contributed by atoms with Crippen molar-refractivity contribution in [2.24, 2.45) is 5.92 Å². The molecule has 2 nitrogen and oxygen atoms in total. The molecule has 112 valence electrons. The number of benzene rings is 2. The SMILES string of the molecule is CC(C)COc1ccc(CNc2cc(Cl)ccc2Cl)cc1. The molecule has 1 N–H and O–H groups in total. The summed E-state index contributed by atoms with van der Waals surface area (Å²) in [6.07, 6.45) is 0. The van der Waals surface area contributed by atoms with E-state index in [1.54, 1.807) is 12.1 Å². The maximum absolute atomic E-state index is 6.12. The zero-order chi connectivity index (χ0) is 15.2. The van der Waals surface area contributed by atoms with E-state index in [1.807, 2.05) is 30.3 Å². The van der Waals surface area contributed by atoms with E-state index in [0.29, 0.717) is 22.5 Å². The van der Waals surface area contributed by atoms with Crippen LogP contribution in [0.2, 0.25) is 10.0 Å². The van der Waals surface area contributed by atoms with Crippen LogP contribution in [0.3, 0.4) is 0 Å². The van der Waals surface area contributed by atoms with Gasteiger partial charge in [-0.1, -0.05) is 49.2 Å². The Morgan fingerprint density at radius 3 is 2.43 bits per heavy atom. The van der Waals surface area contributed by atoms with E-state index in [1.165, 1.54) is 0 Å². The summed E-state index contributed by atoms with van der Waals surface area (Å²) in [5.41, 5.74) is 1.99. The minimum absolute atomic E-state index is 0.524. The van der Waals surface area contributed by atoms with Gasteiger partial charge in [0.1, 0.15) is 5.75 Å². The Labute approximate surface area is 136 Å². The number of hydrogen-bond donors (Lipinski definition) is 1. The topological polar surface area (TPSA) is 21.3 Å². The van der Waals surface area contributed by atoms with Crippen LogP contribution in [0.25, 0.3) is 0 Å². The van der Waals surface area contributed by atoms with Crippen molar-refractivity contribution in [2.75, 3.05) is 11.9 Å². The molecule has 2 rings (SSSR count). The Balaban J connectivity index is 1.93. The van der Waals surface area contributed by atoms with Crippen LogP contribution in [-0.2, 0) is 6.54 Å². The fraction of sp³-hybridized carbons (Fsp3) is 0.294. The van der Waals surface area contributed by atoms with Gasteiger partial charge in [0.15, 0.2) is 0 Å². The third-order valence-corrected chi connectivity index (χ3v) is 3.48. The molecule has 0 saturated heterocycles. The van der Waals surface area contributed by atoms with Gasteiger partial charge in [0, 0.05) is 11.6 Å². The minimum atomic E-state index is 0.524. The third kappa shape index (κ3) is 5.14. The van der Waals surface area contributed by atoms with Crippen LogP contribution in [0, 0.1) is 5.92 Å². The zero-order valence-corrected chi connectivity index (χ0v) is 13.7. The van der Waals surface area contributed by atoms with Crippen molar-refractivity contribution < 1.29 is 4.74 Å². The molecule has 0 saturated carbocycles. The van der Waals surface area contributed by atoms with E-state index in [4.69, 9.17) is 27.9 Å². The molecular weight excluding hydrogens is 305 g/mol. The number of rotatable bonds is 6. The Bertz CT molecular complexity index is 582. The summed E-state index contributed by atoms with van der Waals surface area (Å²) in [5, 5.41) is 4.61. The highest BCUT2D eigenvalue weighted by atomic mass is 35.5. The molecule has 0 heterocycles. The van der Waals surface area contributed by atoms with Gasteiger partial charge < -0.3 is 10.1 Å². The monoisotopic (exact) mass is 323 g/mol. The molecule has 21 heavy (non-hydrogen) atoms. The van der Waals surface area contributed by atoms with Crippen LogP contribution in [0.1, 0.15) is 19.4 Å². The van der Waals surface area contributed by atoms with E-state index in [2.05, 4.69) is 19.2 Å². The van der Waals surface area contributed by atoms with Crippen molar-refractivity contribution in [2.45, 2.75) is 20.4 Å². The molecule has 0 aliphatic carbocycles.